The number of benzene rings is 2. The molecule has 0 amide bonds. The zero-order valence-electron chi connectivity index (χ0n) is 42.9. The van der Waals surface area contributed by atoms with Gasteiger partial charge in [0.1, 0.15) is 17.0 Å². The summed E-state index contributed by atoms with van der Waals surface area (Å²) in [5.41, 5.74) is 9.43. The fourth-order valence-electron chi connectivity index (χ4n) is 8.84. The smallest absolute Gasteiger partial charge is 0.435 e. The fraction of sp³-hybridized carbons (Fsp3) is 0.283. The van der Waals surface area contributed by atoms with Gasteiger partial charge in [0, 0.05) is 61.3 Å². The summed E-state index contributed by atoms with van der Waals surface area (Å²) in [6, 6.07) is 15.2. The summed E-state index contributed by atoms with van der Waals surface area (Å²) in [6.45, 7) is 0.510. The van der Waals surface area contributed by atoms with Crippen LogP contribution in [0, 0.1) is 11.6 Å². The number of ether oxygens (including phenoxy) is 2. The first-order valence-electron chi connectivity index (χ1n) is 25.0. The summed E-state index contributed by atoms with van der Waals surface area (Å²) >= 11 is 0. The quantitative estimate of drug-likeness (QED) is 0.0679. The third-order valence-electron chi connectivity index (χ3n) is 13.2. The highest BCUT2D eigenvalue weighted by atomic mass is 19.4. The minimum Gasteiger partial charge on any atom is -0.494 e. The molecule has 2 aliphatic carbocycles. The van der Waals surface area contributed by atoms with Crippen LogP contribution in [0.3, 0.4) is 0 Å². The number of halogens is 8. The number of carbonyl (C=O) groups excluding carboxylic acids is 1. The molecular formula is C53H47F8N15O5. The molecule has 2 aromatic carbocycles. The van der Waals surface area contributed by atoms with Gasteiger partial charge in [0.05, 0.1) is 62.5 Å². The molecule has 12 rings (SSSR count). The van der Waals surface area contributed by atoms with Gasteiger partial charge in [-0.1, -0.05) is 22.6 Å². The monoisotopic (exact) mass is 1130 g/mol. The van der Waals surface area contributed by atoms with Gasteiger partial charge in [-0.3, -0.25) is 4.79 Å². The molecule has 0 radical (unpaired) electrons. The van der Waals surface area contributed by atoms with Crippen molar-refractivity contribution in [2.24, 2.45) is 5.73 Å². The van der Waals surface area contributed by atoms with E-state index in [0.717, 1.165) is 56.6 Å². The zero-order valence-corrected chi connectivity index (χ0v) is 42.9. The molecule has 0 unspecified atom stereocenters. The number of hydrogen-bond acceptors (Lipinski definition) is 13. The largest absolute Gasteiger partial charge is 0.494 e. The highest BCUT2D eigenvalue weighted by Gasteiger charge is 2.35. The Hall–Kier alpha value is -9.34. The molecule has 2 saturated carbocycles. The van der Waals surface area contributed by atoms with Crippen LogP contribution in [0.25, 0.3) is 22.7 Å². The van der Waals surface area contributed by atoms with Gasteiger partial charge in [0.2, 0.25) is 0 Å². The number of imidazole rings is 2. The van der Waals surface area contributed by atoms with E-state index >= 15 is 4.39 Å². The molecule has 20 nitrogen and oxygen atoms in total. The first-order chi connectivity index (χ1) is 38.8. The Bertz CT molecular complexity index is 3920. The van der Waals surface area contributed by atoms with Crippen molar-refractivity contribution in [3.8, 4) is 22.9 Å². The predicted molar refractivity (Wildman–Crippen MR) is 270 cm³/mol. The lowest BCUT2D eigenvalue weighted by Gasteiger charge is -2.13. The van der Waals surface area contributed by atoms with Crippen LogP contribution in [0.5, 0.6) is 11.5 Å². The summed E-state index contributed by atoms with van der Waals surface area (Å²) in [5, 5.41) is 31.1. The molecule has 10 aromatic rings. The van der Waals surface area contributed by atoms with E-state index in [1.165, 1.54) is 97.1 Å². The Kier molecular flexibility index (Phi) is 15.2. The van der Waals surface area contributed by atoms with Crippen LogP contribution in [0.2, 0.25) is 0 Å². The normalized spacial score (nSPS) is 13.5. The Labute approximate surface area is 453 Å². The number of carbonyl (C=O) groups is 2. The number of aromatic carboxylic acids is 1. The molecule has 8 aromatic heterocycles. The van der Waals surface area contributed by atoms with Crippen molar-refractivity contribution < 1.29 is 59.3 Å². The van der Waals surface area contributed by atoms with Crippen molar-refractivity contribution >= 4 is 23.0 Å². The number of nitrogens with zero attached hydrogens (tertiary/aromatic N) is 14. The number of methoxy groups -OCH3 is 2. The lowest BCUT2D eigenvalue weighted by atomic mass is 10.0. The lowest BCUT2D eigenvalue weighted by Crippen LogP contribution is -2.11. The average molecular weight is 1130 g/mol. The van der Waals surface area contributed by atoms with E-state index in [-0.39, 0.29) is 64.8 Å². The number of aromatic nitrogens is 14. The Balaban J connectivity index is 0.000000151. The molecule has 81 heavy (non-hydrogen) atoms. The van der Waals surface area contributed by atoms with Crippen molar-refractivity contribution in [2.75, 3.05) is 14.2 Å². The van der Waals surface area contributed by atoms with Crippen molar-refractivity contribution in [1.82, 2.24) is 68.3 Å². The summed E-state index contributed by atoms with van der Waals surface area (Å²) in [7, 11) is 2.56. The van der Waals surface area contributed by atoms with E-state index in [1.54, 1.807) is 0 Å². The number of hydrogen-bond donors (Lipinski definition) is 2. The second kappa shape index (κ2) is 22.4. The van der Waals surface area contributed by atoms with Gasteiger partial charge in [0.15, 0.2) is 46.0 Å². The number of pyridine rings is 2. The Morgan fingerprint density at radius 3 is 1.49 bits per heavy atom. The van der Waals surface area contributed by atoms with Crippen molar-refractivity contribution in [3.05, 3.63) is 178 Å². The summed E-state index contributed by atoms with van der Waals surface area (Å²) < 4.78 is 125. The molecule has 0 spiro atoms. The van der Waals surface area contributed by atoms with Crippen molar-refractivity contribution in [3.63, 3.8) is 0 Å². The molecular weight excluding hydrogens is 1080 g/mol. The van der Waals surface area contributed by atoms with Crippen LogP contribution in [0.1, 0.15) is 110 Å². The van der Waals surface area contributed by atoms with Gasteiger partial charge < -0.3 is 29.1 Å². The molecule has 420 valence electrons. The number of alkyl halides is 6. The number of carboxylic acid groups (broad SMARTS) is 1. The molecule has 3 N–H and O–H groups in total. The molecule has 2 fully saturated rings. The minimum absolute atomic E-state index is 0.00724. The van der Waals surface area contributed by atoms with Crippen LogP contribution < -0.4 is 15.2 Å². The zero-order chi connectivity index (χ0) is 57.3. The van der Waals surface area contributed by atoms with Crippen molar-refractivity contribution in [1.29, 1.82) is 0 Å². The summed E-state index contributed by atoms with van der Waals surface area (Å²) in [4.78, 5) is 32.8. The molecule has 0 aliphatic heterocycles. The molecule has 2 aliphatic rings. The topological polar surface area (TPSA) is 231 Å². The molecule has 8 heterocycles. The standard InChI is InChI=1S/C27H23F4N7O2.C14H13N5O2.C12H11F4N3O/c1-40-23-8-6-21(38-11-10-24(34-38)27(29,30)31)19(26(23)28)5-7-22(39)20-15-37(35-33-20)14-18-13-36-12-17(16-2-3-16)4-9-25(36)32-18;20-14(21)12-8-19(17-16-12)7-11-6-18-5-10(9-1-2-9)3-4-13(18)15-11;1-20-9-3-2-8(7(6-17)11(9)13)19-5-4-10(18-19)12(14,15)16/h4,6,8-13,15-16H,2-3,5,7,14H2,1H3;3-6,8-9H,1-2,7H2,(H,20,21);2-5H,6,17H2,1H3. The van der Waals surface area contributed by atoms with Gasteiger partial charge in [-0.2, -0.15) is 36.5 Å². The first kappa shape index (κ1) is 55.0. The van der Waals surface area contributed by atoms with E-state index in [4.69, 9.17) is 20.3 Å². The number of Topliss-reactive ketones (excluding diaryl/α,β-unsaturated/α-hetero) is 1. The molecule has 0 bridgehead atoms. The molecule has 28 heteroatoms. The van der Waals surface area contributed by atoms with Gasteiger partial charge in [-0.25, -0.2) is 42.3 Å². The lowest BCUT2D eigenvalue weighted by molar-refractivity contribution is -0.142. The number of rotatable bonds is 16. The number of ketones is 1. The minimum atomic E-state index is -4.65. The SMILES string of the molecule is COc1ccc(-n2ccc(C(F)(F)F)n2)c(CCC(=O)c2cn(Cc3cn4cc(C5CC5)ccc4n3)nn2)c1F.COc1ccc(-n2ccc(C(F)(F)F)n2)c(CN)c1F.O=C(O)c1cn(Cc2cn3cc(C4CC4)ccc3n2)nn1. The van der Waals surface area contributed by atoms with Crippen LogP contribution in [-0.4, -0.2) is 99.4 Å². The highest BCUT2D eigenvalue weighted by molar-refractivity contribution is 5.94. The van der Waals surface area contributed by atoms with E-state index in [0.29, 0.717) is 24.9 Å². The number of carboxylic acids is 1. The van der Waals surface area contributed by atoms with E-state index in [9.17, 15) is 40.3 Å². The van der Waals surface area contributed by atoms with Crippen LogP contribution >= 0.6 is 0 Å². The summed E-state index contributed by atoms with van der Waals surface area (Å²) in [5.74, 6) is -1.78. The highest BCUT2D eigenvalue weighted by Crippen LogP contribution is 2.41. The summed E-state index contributed by atoms with van der Waals surface area (Å²) in [6.07, 6.45) is 8.60. The average Bonchev–Trinajstić information content (AvgIpc) is 4.21. The molecule has 0 saturated heterocycles. The third kappa shape index (κ3) is 12.4. The van der Waals surface area contributed by atoms with E-state index in [2.05, 4.69) is 65.3 Å². The van der Waals surface area contributed by atoms with Crippen LogP contribution in [-0.2, 0) is 38.4 Å². The molecule has 0 atom stereocenters. The Morgan fingerprint density at radius 1 is 0.617 bits per heavy atom. The third-order valence-corrected chi connectivity index (χ3v) is 13.2. The maximum absolute atomic E-state index is 15.2. The van der Waals surface area contributed by atoms with E-state index < -0.39 is 47.1 Å². The van der Waals surface area contributed by atoms with Crippen LogP contribution in [0.4, 0.5) is 35.1 Å². The second-order valence-corrected chi connectivity index (χ2v) is 18.9. The van der Waals surface area contributed by atoms with E-state index in [1.807, 2.05) is 33.3 Å². The number of fused-ring (bicyclic) bond motifs is 2. The first-order valence-corrected chi connectivity index (χ1v) is 25.0. The van der Waals surface area contributed by atoms with Gasteiger partial charge >= 0.3 is 18.3 Å². The van der Waals surface area contributed by atoms with Crippen molar-refractivity contribution in [2.45, 2.75) is 82.3 Å². The number of nitrogens with two attached hydrogens (primary N) is 1. The maximum Gasteiger partial charge on any atom is 0.435 e. The van der Waals surface area contributed by atoms with Gasteiger partial charge in [-0.05, 0) is 104 Å². The predicted octanol–water partition coefficient (Wildman–Crippen LogP) is 9.07. The van der Waals surface area contributed by atoms with Gasteiger partial charge in [-0.15, -0.1) is 10.2 Å². The fourth-order valence-corrected chi connectivity index (χ4v) is 8.84. The van der Waals surface area contributed by atoms with Gasteiger partial charge in [0.25, 0.3) is 0 Å². The Morgan fingerprint density at radius 2 is 1.07 bits per heavy atom. The maximum atomic E-state index is 15.2. The van der Waals surface area contributed by atoms with Crippen LogP contribution in [0.15, 0.2) is 110 Å². The second-order valence-electron chi connectivity index (χ2n) is 18.9.